The second-order valence-electron chi connectivity index (χ2n) is 2.23. The summed E-state index contributed by atoms with van der Waals surface area (Å²) in [5.74, 6) is -0.488. The molecule has 0 aromatic carbocycles. The predicted octanol–water partition coefficient (Wildman–Crippen LogP) is 1.28. The van der Waals surface area contributed by atoms with Gasteiger partial charge >= 0.3 is 0 Å². The molecule has 0 radical (unpaired) electrons. The third-order valence-electron chi connectivity index (χ3n) is 1.50. The minimum Gasteiger partial charge on any atom is -0.334 e. The first kappa shape index (κ1) is 10.1. The van der Waals surface area contributed by atoms with Crippen molar-refractivity contribution in [2.24, 2.45) is 0 Å². The second-order valence-corrected chi connectivity index (χ2v) is 2.23. The van der Waals surface area contributed by atoms with Gasteiger partial charge in [-0.05, 0) is 13.0 Å². The number of nitrogens with zero attached hydrogens (tertiary/aromatic N) is 1. The van der Waals surface area contributed by atoms with Gasteiger partial charge in [0.25, 0.3) is 6.43 Å². The number of halogens is 2. The average molecular weight is 163 g/mol. The van der Waals surface area contributed by atoms with Crippen molar-refractivity contribution in [1.29, 1.82) is 0 Å². The van der Waals surface area contributed by atoms with Crippen LogP contribution in [-0.2, 0) is 4.79 Å². The Kier molecular flexibility index (Phi) is 3.71. The van der Waals surface area contributed by atoms with Gasteiger partial charge in [-0.1, -0.05) is 6.58 Å². The molecule has 0 rings (SSSR count). The molecule has 64 valence electrons. The fourth-order valence-corrected chi connectivity index (χ4v) is 0.514. The molecule has 0 saturated heterocycles. The van der Waals surface area contributed by atoms with Crippen LogP contribution in [-0.4, -0.2) is 30.3 Å². The molecule has 2 nitrogen and oxygen atoms in total. The lowest BCUT2D eigenvalue weighted by Gasteiger charge is -2.22. The Morgan fingerprint density at radius 2 is 2.09 bits per heavy atom. The van der Waals surface area contributed by atoms with E-state index in [1.807, 2.05) is 0 Å². The van der Waals surface area contributed by atoms with E-state index in [1.165, 1.54) is 14.0 Å². The highest BCUT2D eigenvalue weighted by Gasteiger charge is 2.21. The maximum atomic E-state index is 11.9. The van der Waals surface area contributed by atoms with Gasteiger partial charge in [0.15, 0.2) is 0 Å². The molecule has 0 aliphatic rings. The highest BCUT2D eigenvalue weighted by molar-refractivity contribution is 5.86. The van der Waals surface area contributed by atoms with Gasteiger partial charge in [0.05, 0.1) is 6.04 Å². The van der Waals surface area contributed by atoms with Crippen LogP contribution >= 0.6 is 0 Å². The Morgan fingerprint density at radius 3 is 2.36 bits per heavy atom. The molecular weight excluding hydrogens is 152 g/mol. The normalized spacial score (nSPS) is 12.8. The monoisotopic (exact) mass is 163 g/mol. The molecule has 0 fully saturated rings. The van der Waals surface area contributed by atoms with Crippen molar-refractivity contribution < 1.29 is 13.6 Å². The zero-order valence-corrected chi connectivity index (χ0v) is 6.55. The molecule has 0 bridgehead atoms. The zero-order chi connectivity index (χ0) is 9.02. The smallest absolute Gasteiger partial charge is 0.258 e. The molecule has 0 saturated carbocycles. The Bertz CT molecular complexity index is 159. The highest BCUT2D eigenvalue weighted by Crippen LogP contribution is 2.07. The van der Waals surface area contributed by atoms with Crippen LogP contribution in [0.2, 0.25) is 0 Å². The van der Waals surface area contributed by atoms with E-state index in [2.05, 4.69) is 6.58 Å². The van der Waals surface area contributed by atoms with E-state index in [-0.39, 0.29) is 0 Å². The van der Waals surface area contributed by atoms with E-state index in [4.69, 9.17) is 0 Å². The largest absolute Gasteiger partial charge is 0.334 e. The van der Waals surface area contributed by atoms with E-state index in [0.29, 0.717) is 0 Å². The van der Waals surface area contributed by atoms with Crippen LogP contribution in [0.25, 0.3) is 0 Å². The van der Waals surface area contributed by atoms with E-state index < -0.39 is 18.4 Å². The molecule has 0 N–H and O–H groups in total. The number of likely N-dealkylation sites (N-methyl/N-ethyl adjacent to an activating group) is 1. The zero-order valence-electron chi connectivity index (χ0n) is 6.55. The van der Waals surface area contributed by atoms with Gasteiger partial charge in [-0.25, -0.2) is 8.78 Å². The fraction of sp³-hybridized carbons (Fsp3) is 0.571. The van der Waals surface area contributed by atoms with Gasteiger partial charge in [-0.2, -0.15) is 0 Å². The first-order valence-corrected chi connectivity index (χ1v) is 3.18. The Labute approximate surface area is 64.5 Å². The van der Waals surface area contributed by atoms with Gasteiger partial charge in [-0.3, -0.25) is 4.79 Å². The maximum Gasteiger partial charge on any atom is 0.258 e. The summed E-state index contributed by atoms with van der Waals surface area (Å²) >= 11 is 0. The topological polar surface area (TPSA) is 20.3 Å². The summed E-state index contributed by atoms with van der Waals surface area (Å²) in [6.07, 6.45) is -1.50. The molecule has 0 aliphatic carbocycles. The van der Waals surface area contributed by atoms with Crippen molar-refractivity contribution in [3.8, 4) is 0 Å². The van der Waals surface area contributed by atoms with Crippen molar-refractivity contribution in [1.82, 2.24) is 4.90 Å². The van der Waals surface area contributed by atoms with Crippen LogP contribution in [0.15, 0.2) is 12.7 Å². The van der Waals surface area contributed by atoms with Crippen molar-refractivity contribution in [2.75, 3.05) is 7.05 Å². The van der Waals surface area contributed by atoms with Crippen molar-refractivity contribution in [3.63, 3.8) is 0 Å². The SMILES string of the molecule is C=CC(=O)N(C)C(C)C(F)F. The first-order chi connectivity index (χ1) is 5.00. The number of hydrogen-bond donors (Lipinski definition) is 0. The van der Waals surface area contributed by atoms with E-state index in [9.17, 15) is 13.6 Å². The summed E-state index contributed by atoms with van der Waals surface area (Å²) in [6, 6.07) is -1.06. The quantitative estimate of drug-likeness (QED) is 0.574. The molecule has 4 heteroatoms. The summed E-state index contributed by atoms with van der Waals surface area (Å²) in [4.78, 5) is 11.7. The summed E-state index contributed by atoms with van der Waals surface area (Å²) in [5, 5.41) is 0. The van der Waals surface area contributed by atoms with Crippen molar-refractivity contribution in [3.05, 3.63) is 12.7 Å². The standard InChI is InChI=1S/C7H11F2NO/c1-4-6(11)10(3)5(2)7(8)9/h4-5,7H,1H2,2-3H3. The third kappa shape index (κ3) is 2.65. The first-order valence-electron chi connectivity index (χ1n) is 3.18. The number of rotatable bonds is 3. The van der Waals surface area contributed by atoms with Crippen LogP contribution in [0.1, 0.15) is 6.92 Å². The predicted molar refractivity (Wildman–Crippen MR) is 38.4 cm³/mol. The van der Waals surface area contributed by atoms with Crippen LogP contribution in [0.4, 0.5) is 8.78 Å². The summed E-state index contributed by atoms with van der Waals surface area (Å²) in [5.41, 5.74) is 0. The van der Waals surface area contributed by atoms with Crippen molar-refractivity contribution in [2.45, 2.75) is 19.4 Å². The number of hydrogen-bond acceptors (Lipinski definition) is 1. The summed E-state index contributed by atoms with van der Waals surface area (Å²) in [6.45, 7) is 4.47. The van der Waals surface area contributed by atoms with Gasteiger partial charge in [0.1, 0.15) is 0 Å². The number of alkyl halides is 2. The van der Waals surface area contributed by atoms with Gasteiger partial charge in [0, 0.05) is 7.05 Å². The second kappa shape index (κ2) is 4.05. The van der Waals surface area contributed by atoms with E-state index >= 15 is 0 Å². The number of amides is 1. The van der Waals surface area contributed by atoms with Crippen molar-refractivity contribution >= 4 is 5.91 Å². The molecule has 0 aliphatic heterocycles. The van der Waals surface area contributed by atoms with Gasteiger partial charge < -0.3 is 4.90 Å². The molecule has 0 heterocycles. The Morgan fingerprint density at radius 1 is 1.64 bits per heavy atom. The average Bonchev–Trinajstić information content (AvgIpc) is 2.00. The van der Waals surface area contributed by atoms with Crippen LogP contribution in [0.3, 0.4) is 0 Å². The van der Waals surface area contributed by atoms with Crippen LogP contribution in [0.5, 0.6) is 0 Å². The van der Waals surface area contributed by atoms with Crippen LogP contribution < -0.4 is 0 Å². The lowest BCUT2D eigenvalue weighted by molar-refractivity contribution is -0.129. The van der Waals surface area contributed by atoms with Gasteiger partial charge in [-0.15, -0.1) is 0 Å². The number of carbonyl (C=O) groups excluding carboxylic acids is 1. The summed E-state index contributed by atoms with van der Waals surface area (Å²) < 4.78 is 23.9. The van der Waals surface area contributed by atoms with E-state index in [1.54, 1.807) is 0 Å². The minimum absolute atomic E-state index is 0.488. The lowest BCUT2D eigenvalue weighted by Crippen LogP contribution is -2.38. The fourth-order valence-electron chi connectivity index (χ4n) is 0.514. The molecule has 0 aromatic rings. The third-order valence-corrected chi connectivity index (χ3v) is 1.50. The molecule has 1 atom stereocenters. The molecular formula is C7H11F2NO. The minimum atomic E-state index is -2.51. The Balaban J connectivity index is 4.11. The lowest BCUT2D eigenvalue weighted by atomic mass is 10.3. The molecule has 0 spiro atoms. The molecule has 1 amide bonds. The number of carbonyl (C=O) groups is 1. The Hall–Kier alpha value is -0.930. The van der Waals surface area contributed by atoms with E-state index in [0.717, 1.165) is 11.0 Å². The van der Waals surface area contributed by atoms with Gasteiger partial charge in [0.2, 0.25) is 5.91 Å². The molecule has 1 unspecified atom stereocenters. The maximum absolute atomic E-state index is 11.9. The molecule has 11 heavy (non-hydrogen) atoms. The summed E-state index contributed by atoms with van der Waals surface area (Å²) in [7, 11) is 1.32. The van der Waals surface area contributed by atoms with Crippen LogP contribution in [0, 0.1) is 0 Å². The highest BCUT2D eigenvalue weighted by atomic mass is 19.3. The molecule has 0 aromatic heterocycles.